The maximum absolute atomic E-state index is 6.04. The van der Waals surface area contributed by atoms with Crippen molar-refractivity contribution in [1.82, 2.24) is 29.5 Å². The molecule has 3 heterocycles. The predicted molar refractivity (Wildman–Crippen MR) is 67.0 cm³/mol. The Morgan fingerprint density at radius 1 is 1.39 bits per heavy atom. The molecule has 0 spiro atoms. The number of H-pyrrole nitrogens is 1. The lowest BCUT2D eigenvalue weighted by molar-refractivity contribution is 0.581. The SMILES string of the molecule is CCCC(N)Cc1nnc2c3[nH]cnc3ncn12. The molecule has 1 atom stereocenters. The Morgan fingerprint density at radius 2 is 2.28 bits per heavy atom. The molecule has 1 unspecified atom stereocenters. The van der Waals surface area contributed by atoms with Crippen molar-refractivity contribution in [2.45, 2.75) is 32.2 Å². The van der Waals surface area contributed by atoms with E-state index in [9.17, 15) is 0 Å². The average Bonchev–Trinajstić information content (AvgIpc) is 2.95. The Bertz CT molecular complexity index is 668. The summed E-state index contributed by atoms with van der Waals surface area (Å²) in [5.41, 5.74) is 8.24. The largest absolute Gasteiger partial charge is 0.340 e. The van der Waals surface area contributed by atoms with Gasteiger partial charge in [0, 0.05) is 12.5 Å². The number of hydrogen-bond acceptors (Lipinski definition) is 5. The summed E-state index contributed by atoms with van der Waals surface area (Å²) in [4.78, 5) is 11.4. The molecular weight excluding hydrogens is 230 g/mol. The van der Waals surface area contributed by atoms with E-state index in [1.54, 1.807) is 12.7 Å². The third-order valence-electron chi connectivity index (χ3n) is 3.01. The third-order valence-corrected chi connectivity index (χ3v) is 3.01. The van der Waals surface area contributed by atoms with Crippen LogP contribution < -0.4 is 5.73 Å². The summed E-state index contributed by atoms with van der Waals surface area (Å²) >= 11 is 0. The first kappa shape index (κ1) is 11.1. The second kappa shape index (κ2) is 4.34. The van der Waals surface area contributed by atoms with Gasteiger partial charge in [0.15, 0.2) is 11.3 Å². The molecule has 0 aliphatic carbocycles. The number of aromatic amines is 1. The van der Waals surface area contributed by atoms with Crippen molar-refractivity contribution in [3.63, 3.8) is 0 Å². The van der Waals surface area contributed by atoms with E-state index in [2.05, 4.69) is 32.1 Å². The quantitative estimate of drug-likeness (QED) is 0.704. The smallest absolute Gasteiger partial charge is 0.189 e. The number of hydrogen-bond donors (Lipinski definition) is 2. The second-order valence-electron chi connectivity index (χ2n) is 4.41. The summed E-state index contributed by atoms with van der Waals surface area (Å²) in [5, 5.41) is 8.37. The monoisotopic (exact) mass is 245 g/mol. The van der Waals surface area contributed by atoms with Gasteiger partial charge in [-0.1, -0.05) is 13.3 Å². The minimum Gasteiger partial charge on any atom is -0.340 e. The lowest BCUT2D eigenvalue weighted by Crippen LogP contribution is -2.23. The van der Waals surface area contributed by atoms with E-state index in [0.717, 1.165) is 29.8 Å². The first-order valence-corrected chi connectivity index (χ1v) is 6.07. The van der Waals surface area contributed by atoms with Gasteiger partial charge in [-0.25, -0.2) is 9.97 Å². The molecule has 0 fully saturated rings. The highest BCUT2D eigenvalue weighted by Gasteiger charge is 2.13. The van der Waals surface area contributed by atoms with Crippen molar-refractivity contribution in [3.05, 3.63) is 18.5 Å². The molecule has 7 nitrogen and oxygen atoms in total. The molecule has 0 radical (unpaired) electrons. The van der Waals surface area contributed by atoms with Crippen LogP contribution in [0.5, 0.6) is 0 Å². The maximum Gasteiger partial charge on any atom is 0.189 e. The van der Waals surface area contributed by atoms with Gasteiger partial charge < -0.3 is 10.7 Å². The highest BCUT2D eigenvalue weighted by Crippen LogP contribution is 2.14. The van der Waals surface area contributed by atoms with Crippen LogP contribution in [0.15, 0.2) is 12.7 Å². The van der Waals surface area contributed by atoms with Gasteiger partial charge >= 0.3 is 0 Å². The molecule has 3 aromatic heterocycles. The molecule has 0 saturated heterocycles. The normalized spacial score (nSPS) is 13.4. The van der Waals surface area contributed by atoms with Crippen LogP contribution in [0, 0.1) is 0 Å². The fourth-order valence-electron chi connectivity index (χ4n) is 2.12. The summed E-state index contributed by atoms with van der Waals surface area (Å²) < 4.78 is 1.87. The van der Waals surface area contributed by atoms with Crippen molar-refractivity contribution < 1.29 is 0 Å². The number of aromatic nitrogens is 6. The molecular formula is C11H15N7. The van der Waals surface area contributed by atoms with Crippen LogP contribution in [0.4, 0.5) is 0 Å². The highest BCUT2D eigenvalue weighted by atomic mass is 15.3. The van der Waals surface area contributed by atoms with E-state index in [0.29, 0.717) is 12.1 Å². The Kier molecular flexibility index (Phi) is 2.67. The standard InChI is InChI=1S/C11H15N7/c1-2-3-7(12)4-8-16-17-11-9-10(14-5-13-9)15-6-18(8)11/h5-7H,2-4,12H2,1H3,(H,13,14). The van der Waals surface area contributed by atoms with Crippen molar-refractivity contribution >= 4 is 16.8 Å². The second-order valence-corrected chi connectivity index (χ2v) is 4.41. The predicted octanol–water partition coefficient (Wildman–Crippen LogP) is 0.671. The Balaban J connectivity index is 2.03. The zero-order chi connectivity index (χ0) is 12.5. The molecule has 7 heteroatoms. The molecule has 0 amide bonds. The molecule has 3 N–H and O–H groups in total. The van der Waals surface area contributed by atoms with Crippen molar-refractivity contribution in [2.24, 2.45) is 5.73 Å². The van der Waals surface area contributed by atoms with Crippen LogP contribution in [0.1, 0.15) is 25.6 Å². The van der Waals surface area contributed by atoms with E-state index in [1.807, 2.05) is 4.40 Å². The molecule has 0 saturated carbocycles. The summed E-state index contributed by atoms with van der Waals surface area (Å²) in [7, 11) is 0. The van der Waals surface area contributed by atoms with Gasteiger partial charge in [0.2, 0.25) is 0 Å². The molecule has 0 aliphatic heterocycles. The van der Waals surface area contributed by atoms with Crippen molar-refractivity contribution in [1.29, 1.82) is 0 Å². The average molecular weight is 245 g/mol. The summed E-state index contributed by atoms with van der Waals surface area (Å²) in [6, 6.07) is 0.111. The fraction of sp³-hybridized carbons (Fsp3) is 0.455. The van der Waals surface area contributed by atoms with Crippen LogP contribution in [0.3, 0.4) is 0 Å². The van der Waals surface area contributed by atoms with Gasteiger partial charge in [0.05, 0.1) is 6.33 Å². The topological polar surface area (TPSA) is 97.8 Å². The fourth-order valence-corrected chi connectivity index (χ4v) is 2.12. The third kappa shape index (κ3) is 1.72. The van der Waals surface area contributed by atoms with Gasteiger partial charge in [-0.15, -0.1) is 10.2 Å². The number of rotatable bonds is 4. The zero-order valence-electron chi connectivity index (χ0n) is 10.2. The molecule has 3 rings (SSSR count). The number of nitrogens with one attached hydrogen (secondary N) is 1. The van der Waals surface area contributed by atoms with Crippen molar-refractivity contribution in [3.8, 4) is 0 Å². The summed E-state index contributed by atoms with van der Waals surface area (Å²) in [6.07, 6.45) is 6.06. The first-order chi connectivity index (χ1) is 8.79. The van der Waals surface area contributed by atoms with Crippen LogP contribution in [-0.4, -0.2) is 35.6 Å². The van der Waals surface area contributed by atoms with Crippen LogP contribution >= 0.6 is 0 Å². The first-order valence-electron chi connectivity index (χ1n) is 6.07. The molecule has 0 aliphatic rings. The van der Waals surface area contributed by atoms with Gasteiger partial charge in [-0.05, 0) is 6.42 Å². The summed E-state index contributed by atoms with van der Waals surface area (Å²) in [5.74, 6) is 0.843. The number of imidazole rings is 1. The van der Waals surface area contributed by atoms with Gasteiger partial charge in [-0.3, -0.25) is 4.40 Å². The molecule has 0 aromatic carbocycles. The molecule has 0 bridgehead atoms. The Labute approximate surface area is 103 Å². The number of nitrogens with zero attached hydrogens (tertiary/aromatic N) is 5. The van der Waals surface area contributed by atoms with Crippen LogP contribution in [0.25, 0.3) is 16.8 Å². The lowest BCUT2D eigenvalue weighted by atomic mass is 10.1. The summed E-state index contributed by atoms with van der Waals surface area (Å²) in [6.45, 7) is 2.12. The molecule has 18 heavy (non-hydrogen) atoms. The highest BCUT2D eigenvalue weighted by molar-refractivity contribution is 5.84. The van der Waals surface area contributed by atoms with Crippen molar-refractivity contribution in [2.75, 3.05) is 0 Å². The van der Waals surface area contributed by atoms with E-state index in [4.69, 9.17) is 5.73 Å². The number of nitrogens with two attached hydrogens (primary N) is 1. The van der Waals surface area contributed by atoms with Gasteiger partial charge in [0.25, 0.3) is 0 Å². The van der Waals surface area contributed by atoms with Crippen LogP contribution in [0.2, 0.25) is 0 Å². The van der Waals surface area contributed by atoms with E-state index >= 15 is 0 Å². The van der Waals surface area contributed by atoms with Crippen LogP contribution in [-0.2, 0) is 6.42 Å². The minimum absolute atomic E-state index is 0.111. The van der Waals surface area contributed by atoms with E-state index in [1.165, 1.54) is 0 Å². The Hall–Kier alpha value is -2.02. The Morgan fingerprint density at radius 3 is 3.11 bits per heavy atom. The number of fused-ring (bicyclic) bond motifs is 3. The molecule has 94 valence electrons. The van der Waals surface area contributed by atoms with Gasteiger partial charge in [0.1, 0.15) is 17.7 Å². The van der Waals surface area contributed by atoms with Gasteiger partial charge in [-0.2, -0.15) is 0 Å². The van der Waals surface area contributed by atoms with E-state index < -0.39 is 0 Å². The molecule has 3 aromatic rings. The lowest BCUT2D eigenvalue weighted by Gasteiger charge is -2.07. The van der Waals surface area contributed by atoms with E-state index in [-0.39, 0.29) is 6.04 Å². The minimum atomic E-state index is 0.111. The maximum atomic E-state index is 6.04. The zero-order valence-corrected chi connectivity index (χ0v) is 10.2.